The standard InChI is InChI=1S/C38H43F4N7O2/c1-21-32-31(22(2)37(32,3)4)33(21)47-36(48-16-14-44-30(20-48)38(40,41)42)45-25-9-11-27-29(17-25)46-34(24-7-6-13-43-19-24)49(35(27)50)15-12-23-8-10-26(51-5)18-28(23)39/h6-11,13,17-19,21-22,30-33,44H,12,14-16,20H2,1-5H3,(H,45,47)/t21-,22+,30+,31?,32+,33+/m0/s1. The summed E-state index contributed by atoms with van der Waals surface area (Å²) in [4.78, 5) is 30.0. The number of nitrogens with zero attached hydrogens (tertiary/aromatic N) is 5. The summed E-state index contributed by atoms with van der Waals surface area (Å²) in [6, 6.07) is 11.6. The van der Waals surface area contributed by atoms with E-state index in [1.165, 1.54) is 17.7 Å². The summed E-state index contributed by atoms with van der Waals surface area (Å²) in [6.07, 6.45) is -0.934. The number of hydrogen-bond donors (Lipinski definition) is 2. The molecule has 2 aliphatic carbocycles. The highest BCUT2D eigenvalue weighted by Gasteiger charge is 2.67. The lowest BCUT2D eigenvalue weighted by Crippen LogP contribution is -2.69. The maximum absolute atomic E-state index is 14.8. The molecule has 0 bridgehead atoms. The summed E-state index contributed by atoms with van der Waals surface area (Å²) in [5.74, 6) is 2.36. The second kappa shape index (κ2) is 13.2. The SMILES string of the molecule is COc1ccc(CCn2c(-c3cccnc3)nc3cc(NC(=N[C@H]4C5[C@@H](C)C(C)(C)[C@@H]5[C@@H]4C)N4CCN[C@@H](C(F)(F)F)C4)ccc3c2=O)c(F)c1. The van der Waals surface area contributed by atoms with Crippen molar-refractivity contribution in [3.63, 3.8) is 0 Å². The number of nitrogens with one attached hydrogen (secondary N) is 2. The van der Waals surface area contributed by atoms with Gasteiger partial charge in [-0.2, -0.15) is 13.2 Å². The van der Waals surface area contributed by atoms with Gasteiger partial charge in [0.1, 0.15) is 23.4 Å². The van der Waals surface area contributed by atoms with E-state index in [1.807, 2.05) is 0 Å². The number of guanidine groups is 1. The van der Waals surface area contributed by atoms with E-state index >= 15 is 0 Å². The molecule has 2 aromatic heterocycles. The van der Waals surface area contributed by atoms with E-state index < -0.39 is 18.0 Å². The number of ether oxygens (including phenoxy) is 1. The highest BCUT2D eigenvalue weighted by molar-refractivity contribution is 5.96. The molecule has 1 aliphatic heterocycles. The number of anilines is 1. The normalized spacial score (nSPS) is 25.9. The molecule has 6 atom stereocenters. The van der Waals surface area contributed by atoms with Crippen molar-refractivity contribution < 1.29 is 22.3 Å². The molecule has 3 heterocycles. The van der Waals surface area contributed by atoms with E-state index in [2.05, 4.69) is 43.3 Å². The number of alkyl halides is 3. The monoisotopic (exact) mass is 705 g/mol. The minimum atomic E-state index is -4.40. The van der Waals surface area contributed by atoms with Crippen molar-refractivity contribution in [1.29, 1.82) is 0 Å². The molecule has 7 rings (SSSR count). The van der Waals surface area contributed by atoms with Gasteiger partial charge >= 0.3 is 6.18 Å². The van der Waals surface area contributed by atoms with Crippen molar-refractivity contribution in [2.75, 3.05) is 32.1 Å². The molecular weight excluding hydrogens is 662 g/mol. The van der Waals surface area contributed by atoms with Crippen molar-refractivity contribution in [2.45, 2.75) is 58.9 Å². The number of methoxy groups -OCH3 is 1. The summed E-state index contributed by atoms with van der Waals surface area (Å²) in [7, 11) is 1.47. The predicted molar refractivity (Wildman–Crippen MR) is 189 cm³/mol. The van der Waals surface area contributed by atoms with Crippen LogP contribution in [0.15, 0.2) is 70.7 Å². The molecule has 9 nitrogen and oxygen atoms in total. The second-order valence-electron chi connectivity index (χ2n) is 14.7. The van der Waals surface area contributed by atoms with Crippen LogP contribution in [0.3, 0.4) is 0 Å². The van der Waals surface area contributed by atoms with Crippen LogP contribution in [0.2, 0.25) is 0 Å². The Labute approximate surface area is 294 Å². The van der Waals surface area contributed by atoms with Crippen LogP contribution in [0.4, 0.5) is 23.2 Å². The smallest absolute Gasteiger partial charge is 0.405 e. The van der Waals surface area contributed by atoms with Crippen molar-refractivity contribution in [1.82, 2.24) is 24.8 Å². The maximum Gasteiger partial charge on any atom is 0.405 e. The number of fused-ring (bicyclic) bond motifs is 2. The van der Waals surface area contributed by atoms with Gasteiger partial charge in [0.25, 0.3) is 5.56 Å². The molecular formula is C38H43F4N7O2. The number of rotatable bonds is 7. The fourth-order valence-corrected chi connectivity index (χ4v) is 8.58. The molecule has 2 saturated carbocycles. The zero-order valence-corrected chi connectivity index (χ0v) is 29.3. The third-order valence-corrected chi connectivity index (χ3v) is 11.7. The first-order chi connectivity index (χ1) is 24.3. The molecule has 1 saturated heterocycles. The van der Waals surface area contributed by atoms with E-state index in [9.17, 15) is 22.4 Å². The van der Waals surface area contributed by atoms with Gasteiger partial charge < -0.3 is 20.3 Å². The summed E-state index contributed by atoms with van der Waals surface area (Å²) in [5, 5.41) is 6.30. The molecule has 3 fully saturated rings. The van der Waals surface area contributed by atoms with Crippen molar-refractivity contribution in [2.24, 2.45) is 34.1 Å². The average molecular weight is 706 g/mol. The first kappa shape index (κ1) is 34.9. The quantitative estimate of drug-likeness (QED) is 0.131. The first-order valence-corrected chi connectivity index (χ1v) is 17.4. The van der Waals surface area contributed by atoms with E-state index in [1.54, 1.807) is 59.8 Å². The number of benzene rings is 2. The van der Waals surface area contributed by atoms with E-state index in [0.717, 1.165) is 0 Å². The van der Waals surface area contributed by atoms with Gasteiger partial charge in [0.05, 0.1) is 24.1 Å². The van der Waals surface area contributed by atoms with Gasteiger partial charge in [-0.25, -0.2) is 14.4 Å². The van der Waals surface area contributed by atoms with Gasteiger partial charge in [-0.3, -0.25) is 14.3 Å². The third-order valence-electron chi connectivity index (χ3n) is 11.7. The molecule has 13 heteroatoms. The summed E-state index contributed by atoms with van der Waals surface area (Å²) >= 11 is 0. The molecule has 1 unspecified atom stereocenters. The van der Waals surface area contributed by atoms with Crippen molar-refractivity contribution in [3.05, 3.63) is 82.7 Å². The number of halogens is 4. The Morgan fingerprint density at radius 1 is 1.16 bits per heavy atom. The molecule has 4 aromatic rings. The van der Waals surface area contributed by atoms with Gasteiger partial charge in [0, 0.05) is 55.9 Å². The zero-order valence-electron chi connectivity index (χ0n) is 29.3. The number of hydrogen-bond acceptors (Lipinski definition) is 6. The van der Waals surface area contributed by atoms with E-state index in [4.69, 9.17) is 14.7 Å². The Morgan fingerprint density at radius 3 is 2.67 bits per heavy atom. The van der Waals surface area contributed by atoms with Crippen LogP contribution in [0.25, 0.3) is 22.3 Å². The molecule has 0 spiro atoms. The third kappa shape index (κ3) is 6.34. The molecule has 2 N–H and O–H groups in total. The largest absolute Gasteiger partial charge is 0.497 e. The molecule has 270 valence electrons. The lowest BCUT2D eigenvalue weighted by atomic mass is 9.35. The number of aliphatic imine (C=N–C) groups is 1. The summed E-state index contributed by atoms with van der Waals surface area (Å²) < 4.78 is 63.1. The van der Waals surface area contributed by atoms with Crippen LogP contribution in [0, 0.1) is 34.9 Å². The van der Waals surface area contributed by atoms with Gasteiger partial charge in [-0.15, -0.1) is 0 Å². The van der Waals surface area contributed by atoms with Gasteiger partial charge in [-0.05, 0) is 77.5 Å². The minimum Gasteiger partial charge on any atom is -0.497 e. The molecule has 0 radical (unpaired) electrons. The van der Waals surface area contributed by atoms with Crippen LogP contribution in [-0.4, -0.2) is 70.4 Å². The maximum atomic E-state index is 14.8. The fourth-order valence-electron chi connectivity index (χ4n) is 8.58. The summed E-state index contributed by atoms with van der Waals surface area (Å²) in [5.41, 5.74) is 1.88. The Morgan fingerprint density at radius 2 is 1.96 bits per heavy atom. The van der Waals surface area contributed by atoms with E-state index in [-0.39, 0.29) is 43.1 Å². The van der Waals surface area contributed by atoms with Gasteiger partial charge in [-0.1, -0.05) is 33.8 Å². The number of piperazine rings is 1. The van der Waals surface area contributed by atoms with Gasteiger partial charge in [0.2, 0.25) is 0 Å². The highest BCUT2D eigenvalue weighted by Crippen LogP contribution is 2.68. The van der Waals surface area contributed by atoms with Crippen LogP contribution < -0.4 is 20.9 Å². The Hall–Kier alpha value is -4.52. The second-order valence-corrected chi connectivity index (χ2v) is 14.7. The van der Waals surface area contributed by atoms with E-state index in [0.29, 0.717) is 75.5 Å². The topological polar surface area (TPSA) is 96.7 Å². The van der Waals surface area contributed by atoms with Crippen LogP contribution in [-0.2, 0) is 13.0 Å². The highest BCUT2D eigenvalue weighted by atomic mass is 19.4. The summed E-state index contributed by atoms with van der Waals surface area (Å²) in [6.45, 7) is 9.39. The minimum absolute atomic E-state index is 0.0155. The number of aromatic nitrogens is 3. The Kier molecular flexibility index (Phi) is 9.05. The van der Waals surface area contributed by atoms with Crippen molar-refractivity contribution >= 4 is 22.5 Å². The fraction of sp³-hybridized carbons (Fsp3) is 0.474. The average Bonchev–Trinajstić information content (AvgIpc) is 3.11. The molecule has 51 heavy (non-hydrogen) atoms. The predicted octanol–water partition coefficient (Wildman–Crippen LogP) is 6.38. The lowest BCUT2D eigenvalue weighted by molar-refractivity contribution is -0.208. The molecule has 3 aliphatic rings. The van der Waals surface area contributed by atoms with Crippen LogP contribution in [0.1, 0.15) is 33.3 Å². The number of pyridine rings is 1. The zero-order chi connectivity index (χ0) is 36.2. The van der Waals surface area contributed by atoms with Crippen LogP contribution in [0.5, 0.6) is 5.75 Å². The lowest BCUT2D eigenvalue weighted by Gasteiger charge is -2.70. The van der Waals surface area contributed by atoms with Gasteiger partial charge in [0.15, 0.2) is 5.96 Å². The molecule has 2 aromatic carbocycles. The Balaban J connectivity index is 1.24. The number of aryl methyl sites for hydroxylation is 1. The van der Waals surface area contributed by atoms with Crippen molar-refractivity contribution in [3.8, 4) is 17.1 Å². The first-order valence-electron chi connectivity index (χ1n) is 17.4. The molecule has 0 amide bonds. The van der Waals surface area contributed by atoms with Crippen LogP contribution >= 0.6 is 0 Å². The Bertz CT molecular complexity index is 2020.